The van der Waals surface area contributed by atoms with Crippen LogP contribution < -0.4 is 4.90 Å². The Balaban J connectivity index is 1.31. The number of hydrogen-bond acceptors (Lipinski definition) is 6. The third kappa shape index (κ3) is 2.88. The maximum absolute atomic E-state index is 4.93. The van der Waals surface area contributed by atoms with Crippen LogP contribution in [0.1, 0.15) is 38.1 Å². The van der Waals surface area contributed by atoms with Crippen LogP contribution in [0.25, 0.3) is 44.7 Å². The monoisotopic (exact) mass is 425 g/mol. The molecular formula is C23H23N9. The molecule has 5 aromatic rings. The molecule has 5 aromatic heterocycles. The van der Waals surface area contributed by atoms with Crippen LogP contribution in [0.3, 0.4) is 0 Å². The van der Waals surface area contributed by atoms with Gasteiger partial charge in [0.05, 0.1) is 23.1 Å². The fourth-order valence-corrected chi connectivity index (χ4v) is 4.64. The van der Waals surface area contributed by atoms with E-state index < -0.39 is 0 Å². The van der Waals surface area contributed by atoms with E-state index in [0.717, 1.165) is 63.6 Å². The Morgan fingerprint density at radius 3 is 2.78 bits per heavy atom. The molecule has 160 valence electrons. The predicted octanol–water partition coefficient (Wildman–Crippen LogP) is 4.08. The molecule has 0 bridgehead atoms. The fourth-order valence-electron chi connectivity index (χ4n) is 4.64. The average Bonchev–Trinajstić information content (AvgIpc) is 3.24. The molecule has 2 aliphatic rings. The Hall–Kier alpha value is -3.75. The molecule has 2 fully saturated rings. The van der Waals surface area contributed by atoms with E-state index in [1.165, 1.54) is 32.1 Å². The maximum Gasteiger partial charge on any atom is 0.159 e. The van der Waals surface area contributed by atoms with Crippen LogP contribution in [-0.4, -0.2) is 53.0 Å². The molecule has 1 saturated carbocycles. The molecular weight excluding hydrogens is 402 g/mol. The number of hydrogen-bond donors (Lipinski definition) is 2. The quantitative estimate of drug-likeness (QED) is 0.450. The molecule has 1 saturated heterocycles. The minimum atomic E-state index is 0.559. The van der Waals surface area contributed by atoms with Crippen LogP contribution in [0.2, 0.25) is 0 Å². The van der Waals surface area contributed by atoms with Gasteiger partial charge in [0.1, 0.15) is 11.2 Å². The smallest absolute Gasteiger partial charge is 0.159 e. The highest BCUT2D eigenvalue weighted by molar-refractivity contribution is 5.95. The highest BCUT2D eigenvalue weighted by atomic mass is 15.3. The molecule has 9 nitrogen and oxygen atoms in total. The normalized spacial score (nSPS) is 16.9. The van der Waals surface area contributed by atoms with Gasteiger partial charge < -0.3 is 9.88 Å². The van der Waals surface area contributed by atoms with Crippen LogP contribution in [0.5, 0.6) is 0 Å². The molecule has 2 N–H and O–H groups in total. The maximum atomic E-state index is 4.93. The SMILES string of the molecule is c1cc2[nH]c(-c3n[nH]c4ncc(-c5cnn(C6CC6)c5)cc34)nc2c(N2CCCCC2)n1. The zero-order valence-electron chi connectivity index (χ0n) is 17.6. The van der Waals surface area contributed by atoms with Crippen molar-refractivity contribution in [2.24, 2.45) is 0 Å². The van der Waals surface area contributed by atoms with Gasteiger partial charge in [0.25, 0.3) is 0 Å². The number of anilines is 1. The molecule has 1 aliphatic carbocycles. The van der Waals surface area contributed by atoms with E-state index in [2.05, 4.69) is 52.1 Å². The summed E-state index contributed by atoms with van der Waals surface area (Å²) >= 11 is 0. The van der Waals surface area contributed by atoms with E-state index in [0.29, 0.717) is 6.04 Å². The lowest BCUT2D eigenvalue weighted by atomic mass is 10.1. The first-order valence-corrected chi connectivity index (χ1v) is 11.3. The molecule has 7 rings (SSSR count). The van der Waals surface area contributed by atoms with Crippen molar-refractivity contribution in [1.82, 2.24) is 39.9 Å². The molecule has 6 heterocycles. The second-order valence-electron chi connectivity index (χ2n) is 8.80. The number of aromatic amines is 2. The van der Waals surface area contributed by atoms with Crippen molar-refractivity contribution in [2.45, 2.75) is 38.1 Å². The van der Waals surface area contributed by atoms with Crippen molar-refractivity contribution in [2.75, 3.05) is 18.0 Å². The number of aromatic nitrogens is 8. The zero-order valence-corrected chi connectivity index (χ0v) is 17.6. The van der Waals surface area contributed by atoms with Crippen molar-refractivity contribution in [3.63, 3.8) is 0 Å². The van der Waals surface area contributed by atoms with Gasteiger partial charge in [-0.1, -0.05) is 0 Å². The summed E-state index contributed by atoms with van der Waals surface area (Å²) in [5.41, 5.74) is 5.48. The summed E-state index contributed by atoms with van der Waals surface area (Å²) in [6.07, 6.45) is 13.9. The van der Waals surface area contributed by atoms with E-state index in [9.17, 15) is 0 Å². The Morgan fingerprint density at radius 1 is 1.00 bits per heavy atom. The first-order valence-electron chi connectivity index (χ1n) is 11.3. The summed E-state index contributed by atoms with van der Waals surface area (Å²) in [6.45, 7) is 2.06. The number of nitrogens with zero attached hydrogens (tertiary/aromatic N) is 7. The first-order chi connectivity index (χ1) is 15.8. The average molecular weight is 426 g/mol. The summed E-state index contributed by atoms with van der Waals surface area (Å²) in [4.78, 5) is 20.0. The van der Waals surface area contributed by atoms with Gasteiger partial charge in [0.15, 0.2) is 17.3 Å². The van der Waals surface area contributed by atoms with Gasteiger partial charge in [-0.25, -0.2) is 15.0 Å². The van der Waals surface area contributed by atoms with Crippen LogP contribution in [0.15, 0.2) is 36.9 Å². The lowest BCUT2D eigenvalue weighted by Crippen LogP contribution is -2.30. The minimum absolute atomic E-state index is 0.559. The first kappa shape index (κ1) is 17.9. The highest BCUT2D eigenvalue weighted by Gasteiger charge is 2.25. The number of nitrogens with one attached hydrogen (secondary N) is 2. The third-order valence-electron chi connectivity index (χ3n) is 6.53. The Bertz CT molecular complexity index is 1430. The summed E-state index contributed by atoms with van der Waals surface area (Å²) in [6, 6.07) is 4.65. The minimum Gasteiger partial charge on any atom is -0.355 e. The number of H-pyrrole nitrogens is 2. The van der Waals surface area contributed by atoms with Gasteiger partial charge >= 0.3 is 0 Å². The zero-order chi connectivity index (χ0) is 21.1. The van der Waals surface area contributed by atoms with E-state index >= 15 is 0 Å². The van der Waals surface area contributed by atoms with E-state index in [1.807, 2.05) is 24.7 Å². The predicted molar refractivity (Wildman–Crippen MR) is 122 cm³/mol. The van der Waals surface area contributed by atoms with Gasteiger partial charge in [-0.05, 0) is 44.2 Å². The van der Waals surface area contributed by atoms with Gasteiger partial charge in [-0.3, -0.25) is 9.78 Å². The fraction of sp³-hybridized carbons (Fsp3) is 0.348. The van der Waals surface area contributed by atoms with Crippen LogP contribution >= 0.6 is 0 Å². The lowest BCUT2D eigenvalue weighted by Gasteiger charge is -2.27. The Morgan fingerprint density at radius 2 is 1.91 bits per heavy atom. The summed E-state index contributed by atoms with van der Waals surface area (Å²) in [5.74, 6) is 1.68. The number of pyridine rings is 2. The van der Waals surface area contributed by atoms with Crippen molar-refractivity contribution in [1.29, 1.82) is 0 Å². The molecule has 0 amide bonds. The van der Waals surface area contributed by atoms with E-state index in [4.69, 9.17) is 4.98 Å². The largest absolute Gasteiger partial charge is 0.355 e. The number of rotatable bonds is 4. The van der Waals surface area contributed by atoms with Gasteiger partial charge in [-0.2, -0.15) is 10.2 Å². The topological polar surface area (TPSA) is 104 Å². The van der Waals surface area contributed by atoms with Gasteiger partial charge in [0.2, 0.25) is 0 Å². The van der Waals surface area contributed by atoms with Crippen molar-refractivity contribution < 1.29 is 0 Å². The second kappa shape index (κ2) is 6.88. The molecule has 32 heavy (non-hydrogen) atoms. The molecule has 0 aromatic carbocycles. The van der Waals surface area contributed by atoms with Crippen LogP contribution in [0, 0.1) is 0 Å². The Labute approximate surface area is 183 Å². The second-order valence-corrected chi connectivity index (χ2v) is 8.80. The summed E-state index contributed by atoms with van der Waals surface area (Å²) in [5, 5.41) is 13.1. The Kier molecular flexibility index (Phi) is 3.84. The molecule has 0 radical (unpaired) electrons. The van der Waals surface area contributed by atoms with Crippen molar-refractivity contribution in [3.05, 3.63) is 36.9 Å². The molecule has 0 unspecified atom stereocenters. The molecule has 1 aliphatic heterocycles. The number of fused-ring (bicyclic) bond motifs is 2. The van der Waals surface area contributed by atoms with Crippen molar-refractivity contribution >= 4 is 27.9 Å². The lowest BCUT2D eigenvalue weighted by molar-refractivity contribution is 0.574. The van der Waals surface area contributed by atoms with Gasteiger partial charge in [0, 0.05) is 42.8 Å². The molecule has 0 spiro atoms. The van der Waals surface area contributed by atoms with E-state index in [-0.39, 0.29) is 0 Å². The highest BCUT2D eigenvalue weighted by Crippen LogP contribution is 2.36. The summed E-state index contributed by atoms with van der Waals surface area (Å²) < 4.78 is 2.06. The van der Waals surface area contributed by atoms with E-state index in [1.54, 1.807) is 0 Å². The molecule has 0 atom stereocenters. The van der Waals surface area contributed by atoms with Gasteiger partial charge in [-0.15, -0.1) is 0 Å². The standard InChI is InChI=1S/C23H23N9/c1-2-8-31(9-3-1)23-20-18(6-7-24-23)27-22(28-20)19-17-10-14(11-25-21(17)30-29-19)15-12-26-32(13-15)16-4-5-16/h6-7,10-13,16H,1-5,8-9H2,(H,27,28)(H,25,29,30). The third-order valence-corrected chi connectivity index (χ3v) is 6.53. The molecule has 9 heteroatoms. The number of piperidine rings is 1. The van der Waals surface area contributed by atoms with Crippen LogP contribution in [0.4, 0.5) is 5.82 Å². The van der Waals surface area contributed by atoms with Crippen molar-refractivity contribution in [3.8, 4) is 22.6 Å². The summed E-state index contributed by atoms with van der Waals surface area (Å²) in [7, 11) is 0. The number of imidazole rings is 1. The van der Waals surface area contributed by atoms with Crippen LogP contribution in [-0.2, 0) is 0 Å².